The van der Waals surface area contributed by atoms with Gasteiger partial charge in [-0.15, -0.1) is 11.3 Å². The van der Waals surface area contributed by atoms with Gasteiger partial charge in [-0.25, -0.2) is 0 Å². The van der Waals surface area contributed by atoms with Crippen LogP contribution in [0.15, 0.2) is 16.7 Å². The lowest BCUT2D eigenvalue weighted by molar-refractivity contribution is 0.102. The van der Waals surface area contributed by atoms with Crippen LogP contribution in [-0.2, 0) is 12.8 Å². The molecule has 132 valence electrons. The minimum Gasteiger partial charge on any atom is -0.469 e. The highest BCUT2D eigenvalue weighted by Gasteiger charge is 2.34. The minimum absolute atomic E-state index is 0.216. The van der Waals surface area contributed by atoms with E-state index in [1.54, 1.807) is 24.3 Å². The first-order chi connectivity index (χ1) is 11.9. The number of furan rings is 1. The number of carbonyl (C=O) groups is 1. The van der Waals surface area contributed by atoms with Crippen LogP contribution in [-0.4, -0.2) is 5.91 Å². The third kappa shape index (κ3) is 3.23. The van der Waals surface area contributed by atoms with Crippen LogP contribution < -0.4 is 5.32 Å². The Bertz CT molecular complexity index is 838. The van der Waals surface area contributed by atoms with Crippen molar-refractivity contribution in [2.24, 2.45) is 11.3 Å². The van der Waals surface area contributed by atoms with Crippen molar-refractivity contribution in [1.82, 2.24) is 0 Å². The molecule has 1 aliphatic carbocycles. The van der Waals surface area contributed by atoms with Gasteiger partial charge in [-0.3, -0.25) is 4.79 Å². The molecule has 0 bridgehead atoms. The number of amides is 1. The number of nitriles is 1. The highest BCUT2D eigenvalue weighted by Crippen LogP contribution is 2.45. The molecule has 5 heteroatoms. The summed E-state index contributed by atoms with van der Waals surface area (Å²) >= 11 is 1.56. The number of carbonyl (C=O) groups excluding carboxylic acids is 1. The standard InChI is InChI=1S/C20H24N2O2S/c1-5-20(3,4)13-6-7-15-16(11-21)19(25-17(15)10-13)22-18(23)14-8-9-24-12(14)2/h8-9,13H,5-7,10H2,1-4H3,(H,22,23). The number of nitrogens with one attached hydrogen (secondary N) is 1. The van der Waals surface area contributed by atoms with Crippen LogP contribution in [0.5, 0.6) is 0 Å². The van der Waals surface area contributed by atoms with E-state index in [-0.39, 0.29) is 5.91 Å². The van der Waals surface area contributed by atoms with Crippen molar-refractivity contribution in [3.8, 4) is 6.07 Å². The number of thiophene rings is 1. The smallest absolute Gasteiger partial charge is 0.259 e. The molecule has 1 atom stereocenters. The second kappa shape index (κ2) is 6.68. The first kappa shape index (κ1) is 17.8. The molecule has 2 heterocycles. The predicted molar refractivity (Wildman–Crippen MR) is 100 cm³/mol. The van der Waals surface area contributed by atoms with Crippen LogP contribution in [0.1, 0.15) is 65.7 Å². The largest absolute Gasteiger partial charge is 0.469 e. The van der Waals surface area contributed by atoms with E-state index >= 15 is 0 Å². The second-order valence-electron chi connectivity index (χ2n) is 7.45. The molecule has 0 aliphatic heterocycles. The molecule has 0 radical (unpaired) electrons. The van der Waals surface area contributed by atoms with Crippen molar-refractivity contribution >= 4 is 22.2 Å². The quantitative estimate of drug-likeness (QED) is 0.807. The highest BCUT2D eigenvalue weighted by atomic mass is 32.1. The predicted octanol–water partition coefficient (Wildman–Crippen LogP) is 5.31. The first-order valence-corrected chi connectivity index (χ1v) is 9.59. The lowest BCUT2D eigenvalue weighted by Crippen LogP contribution is -2.28. The summed E-state index contributed by atoms with van der Waals surface area (Å²) in [7, 11) is 0. The van der Waals surface area contributed by atoms with Crippen molar-refractivity contribution in [3.63, 3.8) is 0 Å². The van der Waals surface area contributed by atoms with Gasteiger partial charge in [0.2, 0.25) is 0 Å². The molecule has 4 nitrogen and oxygen atoms in total. The van der Waals surface area contributed by atoms with Gasteiger partial charge in [-0.2, -0.15) is 5.26 Å². The Morgan fingerprint density at radius 3 is 2.88 bits per heavy atom. The lowest BCUT2D eigenvalue weighted by atomic mass is 9.69. The second-order valence-corrected chi connectivity index (χ2v) is 8.55. The van der Waals surface area contributed by atoms with E-state index < -0.39 is 0 Å². The van der Waals surface area contributed by atoms with E-state index in [2.05, 4.69) is 32.2 Å². The third-order valence-corrected chi connectivity index (χ3v) is 6.89. The van der Waals surface area contributed by atoms with Gasteiger partial charge in [-0.05, 0) is 49.1 Å². The van der Waals surface area contributed by atoms with Crippen molar-refractivity contribution in [1.29, 1.82) is 5.26 Å². The van der Waals surface area contributed by atoms with Crippen LogP contribution in [0.4, 0.5) is 5.00 Å². The van der Waals surface area contributed by atoms with Crippen LogP contribution in [0, 0.1) is 29.6 Å². The number of hydrogen-bond acceptors (Lipinski definition) is 4. The number of nitrogens with zero attached hydrogens (tertiary/aromatic N) is 1. The third-order valence-electron chi connectivity index (χ3n) is 5.72. The summed E-state index contributed by atoms with van der Waals surface area (Å²) in [5.41, 5.74) is 2.59. The summed E-state index contributed by atoms with van der Waals surface area (Å²) < 4.78 is 5.20. The summed E-state index contributed by atoms with van der Waals surface area (Å²) in [6.07, 6.45) is 5.67. The Morgan fingerprint density at radius 2 is 2.28 bits per heavy atom. The fourth-order valence-corrected chi connectivity index (χ4v) is 4.81. The van der Waals surface area contributed by atoms with Crippen molar-refractivity contribution in [3.05, 3.63) is 39.7 Å². The lowest BCUT2D eigenvalue weighted by Gasteiger charge is -2.36. The van der Waals surface area contributed by atoms with Gasteiger partial charge in [0.25, 0.3) is 5.91 Å². The Labute approximate surface area is 152 Å². The maximum absolute atomic E-state index is 12.5. The van der Waals surface area contributed by atoms with Gasteiger partial charge in [-0.1, -0.05) is 27.2 Å². The SMILES string of the molecule is CCC(C)(C)C1CCc2c(sc(NC(=O)c3ccoc3C)c2C#N)C1. The molecular weight excluding hydrogens is 332 g/mol. The van der Waals surface area contributed by atoms with Gasteiger partial charge < -0.3 is 9.73 Å². The average molecular weight is 356 g/mol. The molecule has 1 N–H and O–H groups in total. The van der Waals surface area contributed by atoms with E-state index in [4.69, 9.17) is 4.42 Å². The maximum Gasteiger partial charge on any atom is 0.259 e. The molecule has 0 spiro atoms. The van der Waals surface area contributed by atoms with Crippen molar-refractivity contribution < 1.29 is 9.21 Å². The molecule has 2 aromatic rings. The van der Waals surface area contributed by atoms with E-state index in [0.717, 1.165) is 31.2 Å². The van der Waals surface area contributed by atoms with E-state index in [0.29, 0.717) is 33.2 Å². The molecule has 0 saturated carbocycles. The Balaban J connectivity index is 1.87. The number of aryl methyl sites for hydroxylation is 1. The molecule has 0 fully saturated rings. The fraction of sp³-hybridized carbons (Fsp3) is 0.500. The summed E-state index contributed by atoms with van der Waals surface area (Å²) in [5, 5.41) is 13.2. The normalized spacial score (nSPS) is 17.0. The number of fused-ring (bicyclic) bond motifs is 1. The molecule has 1 unspecified atom stereocenters. The molecule has 25 heavy (non-hydrogen) atoms. The molecular formula is C20H24N2O2S. The van der Waals surface area contributed by atoms with E-state index in [9.17, 15) is 10.1 Å². The maximum atomic E-state index is 12.5. The van der Waals surface area contributed by atoms with Crippen molar-refractivity contribution in [2.75, 3.05) is 5.32 Å². The van der Waals surface area contributed by atoms with E-state index in [1.165, 1.54) is 11.1 Å². The van der Waals surface area contributed by atoms with Crippen LogP contribution in [0.2, 0.25) is 0 Å². The number of anilines is 1. The van der Waals surface area contributed by atoms with E-state index in [1.807, 2.05) is 0 Å². The van der Waals surface area contributed by atoms with Crippen LogP contribution >= 0.6 is 11.3 Å². The van der Waals surface area contributed by atoms with Crippen LogP contribution in [0.25, 0.3) is 0 Å². The van der Waals surface area contributed by atoms with Crippen molar-refractivity contribution in [2.45, 2.75) is 53.4 Å². The zero-order chi connectivity index (χ0) is 18.2. The Morgan fingerprint density at radius 1 is 1.52 bits per heavy atom. The summed E-state index contributed by atoms with van der Waals surface area (Å²) in [6.45, 7) is 8.65. The topological polar surface area (TPSA) is 66.0 Å². The van der Waals surface area contributed by atoms with Gasteiger partial charge in [0.05, 0.1) is 17.4 Å². The molecule has 3 rings (SSSR count). The monoisotopic (exact) mass is 356 g/mol. The fourth-order valence-electron chi connectivity index (χ4n) is 3.54. The number of hydrogen-bond donors (Lipinski definition) is 1. The molecule has 2 aromatic heterocycles. The Hall–Kier alpha value is -2.06. The highest BCUT2D eigenvalue weighted by molar-refractivity contribution is 7.16. The zero-order valence-electron chi connectivity index (χ0n) is 15.2. The van der Waals surface area contributed by atoms with Crippen LogP contribution in [0.3, 0.4) is 0 Å². The first-order valence-electron chi connectivity index (χ1n) is 8.77. The van der Waals surface area contributed by atoms with Gasteiger partial charge in [0.1, 0.15) is 16.8 Å². The Kier molecular flexibility index (Phi) is 4.75. The average Bonchev–Trinajstić information content (AvgIpc) is 3.16. The summed E-state index contributed by atoms with van der Waals surface area (Å²) in [5.74, 6) is 0.990. The molecule has 0 aromatic carbocycles. The van der Waals surface area contributed by atoms with Gasteiger partial charge >= 0.3 is 0 Å². The molecule has 1 amide bonds. The van der Waals surface area contributed by atoms with Gasteiger partial charge in [0, 0.05) is 4.88 Å². The van der Waals surface area contributed by atoms with Gasteiger partial charge in [0.15, 0.2) is 0 Å². The summed E-state index contributed by atoms with van der Waals surface area (Å²) in [4.78, 5) is 13.7. The molecule has 0 saturated heterocycles. The number of rotatable bonds is 4. The zero-order valence-corrected chi connectivity index (χ0v) is 16.0. The molecule has 1 aliphatic rings. The minimum atomic E-state index is -0.216. The summed E-state index contributed by atoms with van der Waals surface area (Å²) in [6, 6.07) is 3.97.